The minimum Gasteiger partial charge on any atom is -0.370 e. The van der Waals surface area contributed by atoms with E-state index in [-0.39, 0.29) is 5.69 Å². The van der Waals surface area contributed by atoms with Crippen LogP contribution in [0.25, 0.3) is 0 Å². The van der Waals surface area contributed by atoms with E-state index in [1.54, 1.807) is 6.07 Å². The van der Waals surface area contributed by atoms with Gasteiger partial charge in [-0.3, -0.25) is 14.9 Å². The van der Waals surface area contributed by atoms with Gasteiger partial charge in [-0.05, 0) is 25.3 Å². The van der Waals surface area contributed by atoms with Crippen LogP contribution in [0.3, 0.4) is 0 Å². The molecule has 1 heterocycles. The van der Waals surface area contributed by atoms with Gasteiger partial charge in [-0.2, -0.15) is 5.26 Å². The molecule has 0 spiro atoms. The van der Waals surface area contributed by atoms with E-state index in [1.807, 2.05) is 13.0 Å². The molecule has 1 fully saturated rings. The van der Waals surface area contributed by atoms with Gasteiger partial charge in [0.1, 0.15) is 6.07 Å². The molecule has 1 aliphatic rings. The summed E-state index contributed by atoms with van der Waals surface area (Å²) in [5.74, 6) is -0.410. The topological polar surface area (TPSA) is 139 Å². The predicted molar refractivity (Wildman–Crippen MR) is 91.3 cm³/mol. The number of nitro benzene ring substituents is 1. The number of primary amides is 1. The van der Waals surface area contributed by atoms with Crippen molar-refractivity contribution in [1.29, 1.82) is 5.26 Å². The molecule has 8 heteroatoms. The molecular formula is C16H23N5O3. The number of amides is 1. The minimum absolute atomic E-state index is 0.0282. The van der Waals surface area contributed by atoms with Crippen LogP contribution in [-0.4, -0.2) is 30.0 Å². The Labute approximate surface area is 141 Å². The zero-order chi connectivity index (χ0) is 18.1. The van der Waals surface area contributed by atoms with Gasteiger partial charge in [-0.1, -0.05) is 13.3 Å². The molecule has 24 heavy (non-hydrogen) atoms. The van der Waals surface area contributed by atoms with Crippen LogP contribution in [0.4, 0.5) is 11.4 Å². The van der Waals surface area contributed by atoms with Gasteiger partial charge >= 0.3 is 0 Å². The highest BCUT2D eigenvalue weighted by Gasteiger charge is 2.18. The first kappa shape index (κ1) is 19.4. The van der Waals surface area contributed by atoms with E-state index in [1.165, 1.54) is 12.1 Å². The van der Waals surface area contributed by atoms with E-state index in [0.717, 1.165) is 38.0 Å². The van der Waals surface area contributed by atoms with Crippen LogP contribution in [0.15, 0.2) is 18.2 Å². The van der Waals surface area contributed by atoms with E-state index in [9.17, 15) is 14.9 Å². The van der Waals surface area contributed by atoms with Crippen LogP contribution in [0.5, 0.6) is 0 Å². The van der Waals surface area contributed by atoms with E-state index in [2.05, 4.69) is 4.90 Å². The van der Waals surface area contributed by atoms with E-state index in [4.69, 9.17) is 16.7 Å². The van der Waals surface area contributed by atoms with Crippen LogP contribution in [0.1, 0.15) is 38.2 Å². The summed E-state index contributed by atoms with van der Waals surface area (Å²) in [6, 6.07) is 6.04. The van der Waals surface area contributed by atoms with Crippen LogP contribution in [0, 0.1) is 21.4 Å². The number of non-ortho nitro benzene ring substituents is 1. The number of rotatable bonds is 5. The number of anilines is 1. The minimum atomic E-state index is -0.478. The van der Waals surface area contributed by atoms with Crippen LogP contribution >= 0.6 is 0 Å². The fraction of sp³-hybridized carbons (Fsp3) is 0.500. The number of benzene rings is 1. The summed E-state index contributed by atoms with van der Waals surface area (Å²) in [7, 11) is 0. The zero-order valence-corrected chi connectivity index (χ0v) is 13.8. The lowest BCUT2D eigenvalue weighted by Gasteiger charge is -2.18. The van der Waals surface area contributed by atoms with E-state index in [0.29, 0.717) is 12.0 Å². The highest BCUT2D eigenvalue weighted by molar-refractivity contribution is 5.79. The lowest BCUT2D eigenvalue weighted by molar-refractivity contribution is -0.384. The number of hydrogen-bond donors (Lipinski definition) is 2. The molecule has 1 saturated heterocycles. The van der Waals surface area contributed by atoms with Crippen molar-refractivity contribution in [3.8, 4) is 6.07 Å². The van der Waals surface area contributed by atoms with Crippen molar-refractivity contribution in [1.82, 2.24) is 0 Å². The molecular weight excluding hydrogens is 310 g/mol. The van der Waals surface area contributed by atoms with Gasteiger partial charge in [0.25, 0.3) is 5.69 Å². The van der Waals surface area contributed by atoms with E-state index >= 15 is 0 Å². The second kappa shape index (κ2) is 9.47. The Kier molecular flexibility index (Phi) is 7.65. The number of nitriles is 1. The Morgan fingerprint density at radius 1 is 1.46 bits per heavy atom. The average molecular weight is 333 g/mol. The summed E-state index contributed by atoms with van der Waals surface area (Å²) in [6.45, 7) is 3.81. The molecule has 0 radical (unpaired) electrons. The fourth-order valence-corrected chi connectivity index (χ4v) is 2.41. The summed E-state index contributed by atoms with van der Waals surface area (Å²) in [4.78, 5) is 22.4. The summed E-state index contributed by atoms with van der Waals surface area (Å²) >= 11 is 0. The van der Waals surface area contributed by atoms with Crippen molar-refractivity contribution in [2.24, 2.45) is 11.5 Å². The van der Waals surface area contributed by atoms with Crippen LogP contribution < -0.4 is 16.4 Å². The fourth-order valence-electron chi connectivity index (χ4n) is 2.41. The molecule has 0 aliphatic carbocycles. The van der Waals surface area contributed by atoms with Crippen molar-refractivity contribution in [3.05, 3.63) is 33.9 Å². The van der Waals surface area contributed by atoms with Crippen molar-refractivity contribution in [2.75, 3.05) is 18.0 Å². The van der Waals surface area contributed by atoms with Crippen molar-refractivity contribution >= 4 is 17.3 Å². The number of carbonyl (C=O) groups is 1. The average Bonchev–Trinajstić information content (AvgIpc) is 3.09. The molecule has 0 aromatic heterocycles. The number of carbonyl (C=O) groups excluding carboxylic acids is 1. The highest BCUT2D eigenvalue weighted by Crippen LogP contribution is 2.27. The Morgan fingerprint density at radius 3 is 2.50 bits per heavy atom. The van der Waals surface area contributed by atoms with Gasteiger partial charge in [-0.25, -0.2) is 0 Å². The monoisotopic (exact) mass is 333 g/mol. The molecule has 8 nitrogen and oxygen atoms in total. The molecule has 1 aromatic rings. The first-order valence-electron chi connectivity index (χ1n) is 7.89. The molecule has 1 atom stereocenters. The molecule has 1 aliphatic heterocycles. The third-order valence-electron chi connectivity index (χ3n) is 3.72. The van der Waals surface area contributed by atoms with E-state index < -0.39 is 16.9 Å². The molecule has 2 rings (SSSR count). The molecule has 0 bridgehead atoms. The summed E-state index contributed by atoms with van der Waals surface area (Å²) in [6.07, 6.45) is 3.82. The van der Waals surface area contributed by atoms with Gasteiger partial charge in [-0.15, -0.1) is 0 Å². The smallest absolute Gasteiger partial charge is 0.270 e. The summed E-state index contributed by atoms with van der Waals surface area (Å²) in [5.41, 5.74) is 11.3. The normalized spacial score (nSPS) is 14.3. The van der Waals surface area contributed by atoms with Gasteiger partial charge in [0, 0.05) is 25.2 Å². The number of hydrogen-bond acceptors (Lipinski definition) is 6. The standard InChI is InChI=1S/C11H11N3O2.C5H12N2O/c12-8-9-7-10(14(15)16)3-4-11(9)13-5-1-2-6-13;1-2-3-4(6)5(7)8/h3-4,7H,1-2,5-6H2;4H,2-3,6H2,1H3,(H2,7,8)/t;4-/m.0/s1. The van der Waals surface area contributed by atoms with Gasteiger partial charge in [0.15, 0.2) is 0 Å². The molecule has 0 saturated carbocycles. The van der Waals surface area contributed by atoms with Crippen molar-refractivity contribution in [3.63, 3.8) is 0 Å². The second-order valence-corrected chi connectivity index (χ2v) is 5.56. The maximum Gasteiger partial charge on any atom is 0.270 e. The number of nitrogens with zero attached hydrogens (tertiary/aromatic N) is 3. The largest absolute Gasteiger partial charge is 0.370 e. The summed E-state index contributed by atoms with van der Waals surface area (Å²) in [5, 5.41) is 19.6. The Morgan fingerprint density at radius 2 is 2.08 bits per heavy atom. The first-order chi connectivity index (χ1) is 11.4. The van der Waals surface area contributed by atoms with Crippen LogP contribution in [0.2, 0.25) is 0 Å². The van der Waals surface area contributed by atoms with Crippen molar-refractivity contribution in [2.45, 2.75) is 38.6 Å². The van der Waals surface area contributed by atoms with Gasteiger partial charge in [0.2, 0.25) is 5.91 Å². The van der Waals surface area contributed by atoms with Gasteiger partial charge in [0.05, 0.1) is 22.2 Å². The second-order valence-electron chi connectivity index (χ2n) is 5.56. The molecule has 130 valence electrons. The Bertz CT molecular complexity index is 621. The predicted octanol–water partition coefficient (Wildman–Crippen LogP) is 1.67. The van der Waals surface area contributed by atoms with Crippen molar-refractivity contribution < 1.29 is 9.72 Å². The van der Waals surface area contributed by atoms with Crippen LogP contribution in [-0.2, 0) is 4.79 Å². The Hall–Kier alpha value is -2.66. The number of nitrogens with two attached hydrogens (primary N) is 2. The SMILES string of the molecule is CCC[C@H](N)C(N)=O.N#Cc1cc([N+](=O)[O-])ccc1N1CCCC1. The number of nitro groups is 1. The molecule has 1 amide bonds. The third kappa shape index (κ3) is 5.52. The molecule has 4 N–H and O–H groups in total. The lowest BCUT2D eigenvalue weighted by Crippen LogP contribution is -2.35. The molecule has 0 unspecified atom stereocenters. The third-order valence-corrected chi connectivity index (χ3v) is 3.72. The Balaban J connectivity index is 0.000000307. The maximum absolute atomic E-state index is 10.6. The van der Waals surface area contributed by atoms with Gasteiger partial charge < -0.3 is 16.4 Å². The maximum atomic E-state index is 10.6. The highest BCUT2D eigenvalue weighted by atomic mass is 16.6. The molecule has 1 aromatic carbocycles. The summed E-state index contributed by atoms with van der Waals surface area (Å²) < 4.78 is 0. The first-order valence-corrected chi connectivity index (χ1v) is 7.89. The lowest BCUT2D eigenvalue weighted by atomic mass is 10.1. The quantitative estimate of drug-likeness (QED) is 0.620. The zero-order valence-electron chi connectivity index (χ0n) is 13.8.